The van der Waals surface area contributed by atoms with Crippen molar-refractivity contribution >= 4 is 5.91 Å². The summed E-state index contributed by atoms with van der Waals surface area (Å²) in [4.78, 5) is 13.3. The fraction of sp³-hybridized carbons (Fsp3) is 0.429. The lowest BCUT2D eigenvalue weighted by Gasteiger charge is -2.37. The molecular weight excluding hydrogens is 394 g/mol. The molecule has 1 amide bonds. The Bertz CT molecular complexity index is 1030. The number of hydrogen-bond donors (Lipinski definition) is 1. The zero-order valence-corrected chi connectivity index (χ0v) is 19.0. The standard InChI is InChI=1S/C28H33N3O/c1-21-30(20-22-9-8-10-22)17-18-31(21)26-16-15-25(19-26)28(27(29)32,23-11-4-2-5-12-23)24-13-6-3-7-14-24/h2-7,11-14,17-18,22,25-26H,8-10,15-16,19-20H2,1H3,(H-,29,32)/p+1/t25-,26+/m1/s1. The molecule has 1 aromatic heterocycles. The number of aromatic nitrogens is 2. The van der Waals surface area contributed by atoms with Gasteiger partial charge in [-0.25, -0.2) is 9.13 Å². The number of hydrogen-bond acceptors (Lipinski definition) is 1. The van der Waals surface area contributed by atoms with E-state index in [1.807, 2.05) is 36.4 Å². The molecule has 3 aromatic rings. The predicted octanol–water partition coefficient (Wildman–Crippen LogP) is 4.70. The van der Waals surface area contributed by atoms with Crippen LogP contribution in [0.25, 0.3) is 0 Å². The summed E-state index contributed by atoms with van der Waals surface area (Å²) < 4.78 is 4.87. The van der Waals surface area contributed by atoms with Gasteiger partial charge in [-0.1, -0.05) is 67.1 Å². The molecule has 0 aliphatic heterocycles. The summed E-state index contributed by atoms with van der Waals surface area (Å²) in [6.07, 6.45) is 11.6. The number of amides is 1. The molecule has 2 aliphatic rings. The SMILES string of the molecule is Cc1n([C@H]2CC[C@@H](C(C(N)=O)(c3ccccc3)c3ccccc3)C2)cc[n+]1CC1CCC1. The van der Waals surface area contributed by atoms with Gasteiger partial charge in [0.15, 0.2) is 0 Å². The molecular formula is C28H34N3O+. The van der Waals surface area contributed by atoms with Crippen molar-refractivity contribution < 1.29 is 9.36 Å². The molecule has 0 bridgehead atoms. The quantitative estimate of drug-likeness (QED) is 0.545. The first-order valence-corrected chi connectivity index (χ1v) is 12.1. The van der Waals surface area contributed by atoms with E-state index in [1.54, 1.807) is 0 Å². The Morgan fingerprint density at radius 2 is 1.62 bits per heavy atom. The average Bonchev–Trinajstić information content (AvgIpc) is 3.40. The fourth-order valence-electron chi connectivity index (χ4n) is 6.18. The van der Waals surface area contributed by atoms with Crippen molar-refractivity contribution in [2.75, 3.05) is 0 Å². The van der Waals surface area contributed by atoms with E-state index in [0.29, 0.717) is 6.04 Å². The zero-order valence-electron chi connectivity index (χ0n) is 19.0. The molecule has 0 unspecified atom stereocenters. The summed E-state index contributed by atoms with van der Waals surface area (Å²) in [5.41, 5.74) is 7.47. The van der Waals surface area contributed by atoms with Crippen LogP contribution in [0.15, 0.2) is 73.1 Å². The minimum atomic E-state index is -0.805. The third-order valence-electron chi connectivity index (χ3n) is 8.13. The molecule has 2 aromatic carbocycles. The van der Waals surface area contributed by atoms with Crippen molar-refractivity contribution in [1.29, 1.82) is 0 Å². The molecule has 0 radical (unpaired) electrons. The van der Waals surface area contributed by atoms with Gasteiger partial charge < -0.3 is 5.73 Å². The van der Waals surface area contributed by atoms with E-state index < -0.39 is 5.41 Å². The lowest BCUT2D eigenvalue weighted by Crippen LogP contribution is -2.47. The first-order valence-electron chi connectivity index (χ1n) is 12.1. The van der Waals surface area contributed by atoms with E-state index in [4.69, 9.17) is 5.73 Å². The summed E-state index contributed by atoms with van der Waals surface area (Å²) in [6, 6.07) is 20.7. The second-order valence-electron chi connectivity index (χ2n) is 9.77. The summed E-state index contributed by atoms with van der Waals surface area (Å²) >= 11 is 0. The van der Waals surface area contributed by atoms with Crippen molar-refractivity contribution in [2.45, 2.75) is 63.5 Å². The Morgan fingerprint density at radius 3 is 2.16 bits per heavy atom. The van der Waals surface area contributed by atoms with Crippen LogP contribution in [0.1, 0.15) is 61.5 Å². The maximum absolute atomic E-state index is 13.3. The van der Waals surface area contributed by atoms with E-state index in [0.717, 1.165) is 42.9 Å². The van der Waals surface area contributed by atoms with Crippen LogP contribution in [-0.4, -0.2) is 10.5 Å². The molecule has 2 saturated carbocycles. The Labute approximate surface area is 191 Å². The van der Waals surface area contributed by atoms with Crippen LogP contribution in [0.2, 0.25) is 0 Å². The van der Waals surface area contributed by atoms with Crippen LogP contribution in [0, 0.1) is 18.8 Å². The molecule has 166 valence electrons. The van der Waals surface area contributed by atoms with Crippen LogP contribution in [0.3, 0.4) is 0 Å². The van der Waals surface area contributed by atoms with Crippen LogP contribution in [0.4, 0.5) is 0 Å². The van der Waals surface area contributed by atoms with E-state index >= 15 is 0 Å². The summed E-state index contributed by atoms with van der Waals surface area (Å²) in [5.74, 6) is 2.08. The van der Waals surface area contributed by atoms with Crippen molar-refractivity contribution in [3.05, 3.63) is 90.0 Å². The smallest absolute Gasteiger partial charge is 0.253 e. The highest BCUT2D eigenvalue weighted by atomic mass is 16.1. The van der Waals surface area contributed by atoms with E-state index in [1.165, 1.54) is 25.1 Å². The third-order valence-corrected chi connectivity index (χ3v) is 8.13. The van der Waals surface area contributed by atoms with Crippen LogP contribution >= 0.6 is 0 Å². The second kappa shape index (κ2) is 8.57. The number of primary amides is 1. The monoisotopic (exact) mass is 428 g/mol. The van der Waals surface area contributed by atoms with E-state index in [9.17, 15) is 4.79 Å². The Kier molecular flexibility index (Phi) is 5.62. The van der Waals surface area contributed by atoms with Gasteiger partial charge in [-0.15, -0.1) is 0 Å². The minimum Gasteiger partial charge on any atom is -0.369 e. The maximum atomic E-state index is 13.3. The lowest BCUT2D eigenvalue weighted by atomic mass is 9.64. The van der Waals surface area contributed by atoms with Crippen LogP contribution in [0.5, 0.6) is 0 Å². The van der Waals surface area contributed by atoms with Gasteiger partial charge in [0.2, 0.25) is 5.91 Å². The number of rotatable bonds is 7. The molecule has 4 nitrogen and oxygen atoms in total. The average molecular weight is 429 g/mol. The van der Waals surface area contributed by atoms with Crippen molar-refractivity contribution in [3.8, 4) is 0 Å². The topological polar surface area (TPSA) is 51.9 Å². The highest BCUT2D eigenvalue weighted by Crippen LogP contribution is 2.50. The first kappa shape index (κ1) is 21.0. The van der Waals surface area contributed by atoms with E-state index in [-0.39, 0.29) is 11.8 Å². The lowest BCUT2D eigenvalue weighted by molar-refractivity contribution is -0.710. The van der Waals surface area contributed by atoms with Crippen molar-refractivity contribution in [3.63, 3.8) is 0 Å². The van der Waals surface area contributed by atoms with Crippen LogP contribution in [-0.2, 0) is 16.8 Å². The van der Waals surface area contributed by atoms with E-state index in [2.05, 4.69) is 52.7 Å². The van der Waals surface area contributed by atoms with Crippen molar-refractivity contribution in [1.82, 2.24) is 4.57 Å². The number of imidazole rings is 1. The number of nitrogens with two attached hydrogens (primary N) is 1. The molecule has 0 saturated heterocycles. The molecule has 1 heterocycles. The third kappa shape index (κ3) is 3.46. The molecule has 2 N–H and O–H groups in total. The van der Waals surface area contributed by atoms with Gasteiger partial charge in [0.25, 0.3) is 5.82 Å². The van der Waals surface area contributed by atoms with Gasteiger partial charge in [-0.05, 0) is 55.1 Å². The van der Waals surface area contributed by atoms with Gasteiger partial charge in [0.05, 0.1) is 6.54 Å². The number of nitrogens with zero attached hydrogens (tertiary/aromatic N) is 2. The molecule has 2 atom stereocenters. The van der Waals surface area contributed by atoms with Gasteiger partial charge in [0.1, 0.15) is 23.9 Å². The Balaban J connectivity index is 1.49. The zero-order chi connectivity index (χ0) is 22.1. The second-order valence-corrected chi connectivity index (χ2v) is 9.77. The molecule has 2 aliphatic carbocycles. The molecule has 2 fully saturated rings. The highest BCUT2D eigenvalue weighted by molar-refractivity contribution is 5.91. The fourth-order valence-corrected chi connectivity index (χ4v) is 6.18. The first-order chi connectivity index (χ1) is 15.6. The Hall–Kier alpha value is -2.88. The summed E-state index contributed by atoms with van der Waals surface area (Å²) in [7, 11) is 0. The van der Waals surface area contributed by atoms with Crippen LogP contribution < -0.4 is 10.3 Å². The summed E-state index contributed by atoms with van der Waals surface area (Å²) in [6.45, 7) is 3.37. The summed E-state index contributed by atoms with van der Waals surface area (Å²) in [5, 5.41) is 0. The van der Waals surface area contributed by atoms with Crippen molar-refractivity contribution in [2.24, 2.45) is 17.6 Å². The predicted molar refractivity (Wildman–Crippen MR) is 126 cm³/mol. The van der Waals surface area contributed by atoms with Gasteiger partial charge in [-0.3, -0.25) is 4.79 Å². The van der Waals surface area contributed by atoms with Gasteiger partial charge in [-0.2, -0.15) is 0 Å². The minimum absolute atomic E-state index is 0.164. The molecule has 4 heteroatoms. The number of benzene rings is 2. The molecule has 5 rings (SSSR count). The van der Waals surface area contributed by atoms with Gasteiger partial charge >= 0.3 is 0 Å². The molecule has 32 heavy (non-hydrogen) atoms. The van der Waals surface area contributed by atoms with Gasteiger partial charge in [0, 0.05) is 6.92 Å². The number of carbonyl (C=O) groups is 1. The largest absolute Gasteiger partial charge is 0.369 e. The number of carbonyl (C=O) groups excluding carboxylic acids is 1. The maximum Gasteiger partial charge on any atom is 0.253 e. The molecule has 0 spiro atoms. The normalized spacial score (nSPS) is 21.4. The Morgan fingerprint density at radius 1 is 1.00 bits per heavy atom. The highest BCUT2D eigenvalue weighted by Gasteiger charge is 2.51.